The summed E-state index contributed by atoms with van der Waals surface area (Å²) < 4.78 is 18.1. The molecule has 4 heteroatoms. The Morgan fingerprint density at radius 1 is 1.30 bits per heavy atom. The molecule has 0 radical (unpaired) electrons. The summed E-state index contributed by atoms with van der Waals surface area (Å²) in [5.74, 6) is -0.387. The maximum Gasteiger partial charge on any atom is 0.310 e. The van der Waals surface area contributed by atoms with E-state index in [1.807, 2.05) is 0 Å². The Hall–Kier alpha value is -1.42. The summed E-state index contributed by atoms with van der Waals surface area (Å²) in [6.45, 7) is 0. The number of carbonyl (C=O) groups is 1. The van der Waals surface area contributed by atoms with Gasteiger partial charge in [0.2, 0.25) is 0 Å². The summed E-state index contributed by atoms with van der Waals surface area (Å²) in [6.07, 6.45) is 3.11. The Morgan fingerprint density at radius 2 is 2.00 bits per heavy atom. The monoisotopic (exact) mass is 277 g/mol. The van der Waals surface area contributed by atoms with Gasteiger partial charge in [0.1, 0.15) is 5.82 Å². The Morgan fingerprint density at radius 3 is 2.65 bits per heavy atom. The van der Waals surface area contributed by atoms with Crippen LogP contribution in [0.2, 0.25) is 0 Å². The molecule has 0 amide bonds. The predicted octanol–water partition coefficient (Wildman–Crippen LogP) is 2.57. The van der Waals surface area contributed by atoms with Crippen molar-refractivity contribution in [2.24, 2.45) is 5.92 Å². The second-order valence-electron chi connectivity index (χ2n) is 5.91. The zero-order chi connectivity index (χ0) is 14.3. The summed E-state index contributed by atoms with van der Waals surface area (Å²) in [5.41, 5.74) is 1.05. The van der Waals surface area contributed by atoms with Crippen LogP contribution in [0.25, 0.3) is 0 Å². The average molecular weight is 277 g/mol. The van der Waals surface area contributed by atoms with Crippen LogP contribution in [0.4, 0.5) is 4.39 Å². The fraction of sp³-hybridized carbons (Fsp3) is 0.562. The van der Waals surface area contributed by atoms with Gasteiger partial charge in [0.15, 0.2) is 0 Å². The van der Waals surface area contributed by atoms with Crippen LogP contribution in [0.3, 0.4) is 0 Å². The van der Waals surface area contributed by atoms with E-state index in [0.29, 0.717) is 6.04 Å². The first-order valence-corrected chi connectivity index (χ1v) is 7.17. The molecule has 2 heterocycles. The molecule has 3 nitrogen and oxygen atoms in total. The van der Waals surface area contributed by atoms with Crippen molar-refractivity contribution >= 4 is 5.97 Å². The number of benzene rings is 1. The van der Waals surface area contributed by atoms with Crippen LogP contribution in [-0.4, -0.2) is 37.1 Å². The standard InChI is InChI=1S/C16H20FNO2/c1-18-12-7-8-14(18)15(16(19)20-2)13(9-12)10-3-5-11(17)6-4-10/h3-6,12-15H,7-9H2,1-2H3/t12?,13-,14?,15+/m1/s1. The van der Waals surface area contributed by atoms with E-state index in [0.717, 1.165) is 24.8 Å². The number of methoxy groups -OCH3 is 1. The SMILES string of the molecule is COC(=O)[C@@H]1C2CCC(C[C@@H]1c1ccc(F)cc1)N2C. The van der Waals surface area contributed by atoms with E-state index in [2.05, 4.69) is 11.9 Å². The zero-order valence-corrected chi connectivity index (χ0v) is 11.9. The Balaban J connectivity index is 1.95. The van der Waals surface area contributed by atoms with E-state index < -0.39 is 0 Å². The molecule has 0 spiro atoms. The highest BCUT2D eigenvalue weighted by atomic mass is 19.1. The number of hydrogen-bond donors (Lipinski definition) is 0. The van der Waals surface area contributed by atoms with Crippen LogP contribution in [0.15, 0.2) is 24.3 Å². The molecular weight excluding hydrogens is 257 g/mol. The van der Waals surface area contributed by atoms with Gasteiger partial charge < -0.3 is 4.74 Å². The van der Waals surface area contributed by atoms with Gasteiger partial charge in [-0.1, -0.05) is 12.1 Å². The lowest BCUT2D eigenvalue weighted by atomic mass is 9.76. The number of piperidine rings is 1. The van der Waals surface area contributed by atoms with Crippen molar-refractivity contribution in [3.8, 4) is 0 Å². The molecule has 2 aliphatic heterocycles. The van der Waals surface area contributed by atoms with Crippen molar-refractivity contribution in [1.82, 2.24) is 4.90 Å². The molecule has 2 unspecified atom stereocenters. The molecular formula is C16H20FNO2. The smallest absolute Gasteiger partial charge is 0.310 e. The van der Waals surface area contributed by atoms with Crippen LogP contribution in [0.1, 0.15) is 30.7 Å². The third-order valence-electron chi connectivity index (χ3n) is 5.04. The van der Waals surface area contributed by atoms with Crippen molar-refractivity contribution < 1.29 is 13.9 Å². The number of fused-ring (bicyclic) bond motifs is 2. The number of nitrogens with zero attached hydrogens (tertiary/aromatic N) is 1. The molecule has 20 heavy (non-hydrogen) atoms. The van der Waals surface area contributed by atoms with Gasteiger partial charge in [-0.25, -0.2) is 4.39 Å². The van der Waals surface area contributed by atoms with Crippen molar-refractivity contribution in [3.63, 3.8) is 0 Å². The van der Waals surface area contributed by atoms with Crippen LogP contribution in [-0.2, 0) is 9.53 Å². The van der Waals surface area contributed by atoms with Gasteiger partial charge in [0, 0.05) is 18.0 Å². The van der Waals surface area contributed by atoms with E-state index in [9.17, 15) is 9.18 Å². The molecule has 4 atom stereocenters. The Labute approximate surface area is 118 Å². The maximum atomic E-state index is 13.1. The normalized spacial score (nSPS) is 33.1. The average Bonchev–Trinajstić information content (AvgIpc) is 2.70. The Bertz CT molecular complexity index is 502. The maximum absolute atomic E-state index is 13.1. The highest BCUT2D eigenvalue weighted by molar-refractivity contribution is 5.75. The lowest BCUT2D eigenvalue weighted by molar-refractivity contribution is -0.150. The van der Waals surface area contributed by atoms with Gasteiger partial charge in [-0.05, 0) is 44.0 Å². The van der Waals surface area contributed by atoms with Crippen molar-refractivity contribution in [3.05, 3.63) is 35.6 Å². The fourth-order valence-corrected chi connectivity index (χ4v) is 3.98. The first-order valence-electron chi connectivity index (χ1n) is 7.17. The minimum absolute atomic E-state index is 0.136. The third kappa shape index (κ3) is 2.12. The first kappa shape index (κ1) is 13.6. The first-order chi connectivity index (χ1) is 9.61. The van der Waals surface area contributed by atoms with Crippen molar-refractivity contribution in [2.75, 3.05) is 14.2 Å². The van der Waals surface area contributed by atoms with E-state index >= 15 is 0 Å². The Kier molecular flexibility index (Phi) is 3.50. The summed E-state index contributed by atoms with van der Waals surface area (Å²) >= 11 is 0. The molecule has 2 aliphatic rings. The molecule has 0 aliphatic carbocycles. The zero-order valence-electron chi connectivity index (χ0n) is 11.9. The second kappa shape index (κ2) is 5.17. The molecule has 3 rings (SSSR count). The van der Waals surface area contributed by atoms with Crippen molar-refractivity contribution in [1.29, 1.82) is 0 Å². The van der Waals surface area contributed by atoms with E-state index in [1.54, 1.807) is 12.1 Å². The molecule has 1 aromatic rings. The van der Waals surface area contributed by atoms with Gasteiger partial charge in [-0.15, -0.1) is 0 Å². The summed E-state index contributed by atoms with van der Waals surface area (Å²) in [6, 6.07) is 7.34. The summed E-state index contributed by atoms with van der Waals surface area (Å²) in [5, 5.41) is 0. The van der Waals surface area contributed by atoms with E-state index in [4.69, 9.17) is 4.74 Å². The minimum Gasteiger partial charge on any atom is -0.469 e. The molecule has 0 aromatic heterocycles. The molecule has 0 saturated carbocycles. The van der Waals surface area contributed by atoms with E-state index in [-0.39, 0.29) is 29.7 Å². The number of carbonyl (C=O) groups excluding carboxylic acids is 1. The topological polar surface area (TPSA) is 29.5 Å². The fourth-order valence-electron chi connectivity index (χ4n) is 3.98. The molecule has 2 saturated heterocycles. The summed E-state index contributed by atoms with van der Waals surface area (Å²) in [4.78, 5) is 14.5. The van der Waals surface area contributed by atoms with Gasteiger partial charge >= 0.3 is 5.97 Å². The van der Waals surface area contributed by atoms with Crippen LogP contribution < -0.4 is 0 Å². The molecule has 2 fully saturated rings. The molecule has 0 N–H and O–H groups in total. The lowest BCUT2D eigenvalue weighted by Crippen LogP contribution is -2.49. The minimum atomic E-state index is -0.237. The second-order valence-corrected chi connectivity index (χ2v) is 5.91. The van der Waals surface area contributed by atoms with Crippen molar-refractivity contribution in [2.45, 2.75) is 37.3 Å². The summed E-state index contributed by atoms with van der Waals surface area (Å²) in [7, 11) is 3.55. The quantitative estimate of drug-likeness (QED) is 0.778. The largest absolute Gasteiger partial charge is 0.469 e. The van der Waals surface area contributed by atoms with Crippen LogP contribution >= 0.6 is 0 Å². The predicted molar refractivity (Wildman–Crippen MR) is 73.8 cm³/mol. The van der Waals surface area contributed by atoms with E-state index in [1.165, 1.54) is 19.2 Å². The van der Waals surface area contributed by atoms with Gasteiger partial charge in [-0.3, -0.25) is 9.69 Å². The number of rotatable bonds is 2. The van der Waals surface area contributed by atoms with Gasteiger partial charge in [0.05, 0.1) is 13.0 Å². The third-order valence-corrected chi connectivity index (χ3v) is 5.04. The lowest BCUT2D eigenvalue weighted by Gasteiger charge is -2.41. The van der Waals surface area contributed by atoms with Gasteiger partial charge in [-0.2, -0.15) is 0 Å². The molecule has 1 aromatic carbocycles. The highest BCUT2D eigenvalue weighted by Crippen LogP contribution is 2.46. The van der Waals surface area contributed by atoms with Crippen LogP contribution in [0, 0.1) is 11.7 Å². The van der Waals surface area contributed by atoms with Crippen LogP contribution in [0.5, 0.6) is 0 Å². The molecule has 108 valence electrons. The number of esters is 1. The van der Waals surface area contributed by atoms with Gasteiger partial charge in [0.25, 0.3) is 0 Å². The molecule has 2 bridgehead atoms. The number of halogens is 1. The number of hydrogen-bond acceptors (Lipinski definition) is 3. The number of ether oxygens (including phenoxy) is 1. The highest BCUT2D eigenvalue weighted by Gasteiger charge is 2.49.